The summed E-state index contributed by atoms with van der Waals surface area (Å²) in [5, 5.41) is 3.17. The first kappa shape index (κ1) is 13.8. The normalized spacial score (nSPS) is 22.6. The van der Waals surface area contributed by atoms with Crippen molar-refractivity contribution in [1.82, 2.24) is 5.32 Å². The maximum Gasteiger partial charge on any atom is 0.235 e. The molecule has 3 N–H and O–H groups in total. The number of rotatable bonds is 7. The van der Waals surface area contributed by atoms with Crippen LogP contribution in [0.4, 0.5) is 0 Å². The summed E-state index contributed by atoms with van der Waals surface area (Å²) in [6.45, 7) is 4.91. The number of hydrogen-bond acceptors (Lipinski definition) is 4. The highest BCUT2D eigenvalue weighted by molar-refractivity contribution is 7.99. The second-order valence-electron chi connectivity index (χ2n) is 4.45. The summed E-state index contributed by atoms with van der Waals surface area (Å²) in [6, 6.07) is 0.0484. The highest BCUT2D eigenvalue weighted by Gasteiger charge is 2.19. The largest absolute Gasteiger partial charge is 0.377 e. The van der Waals surface area contributed by atoms with Gasteiger partial charge in [0.05, 0.1) is 12.1 Å². The predicted octanol–water partition coefficient (Wildman–Crippen LogP) is 0.750. The summed E-state index contributed by atoms with van der Waals surface area (Å²) >= 11 is 1.74. The average molecular weight is 246 g/mol. The minimum atomic E-state index is -0.270. The van der Waals surface area contributed by atoms with E-state index in [4.69, 9.17) is 10.5 Å². The zero-order chi connectivity index (χ0) is 12.0. The maximum atomic E-state index is 11.2. The summed E-state index contributed by atoms with van der Waals surface area (Å²) < 4.78 is 5.52. The molecule has 0 radical (unpaired) electrons. The van der Waals surface area contributed by atoms with Crippen molar-refractivity contribution >= 4 is 17.7 Å². The van der Waals surface area contributed by atoms with Crippen molar-refractivity contribution in [2.75, 3.05) is 18.1 Å². The van der Waals surface area contributed by atoms with Gasteiger partial charge in [0, 0.05) is 24.2 Å². The standard InChI is InChI=1S/C11H22N2O2S/c1-8(2)13-10(11(12)14)7-16-6-9-4-3-5-15-9/h8-10,13H,3-7H2,1-2H3,(H2,12,14). The number of amides is 1. The van der Waals surface area contributed by atoms with Gasteiger partial charge in [0.1, 0.15) is 0 Å². The van der Waals surface area contributed by atoms with E-state index in [9.17, 15) is 4.79 Å². The molecule has 0 spiro atoms. The minimum absolute atomic E-state index is 0.230. The van der Waals surface area contributed by atoms with E-state index in [0.29, 0.717) is 6.10 Å². The summed E-state index contributed by atoms with van der Waals surface area (Å²) in [5.41, 5.74) is 5.33. The number of carbonyl (C=O) groups excluding carboxylic acids is 1. The van der Waals surface area contributed by atoms with E-state index in [-0.39, 0.29) is 18.0 Å². The number of primary amides is 1. The van der Waals surface area contributed by atoms with Crippen LogP contribution in [0.1, 0.15) is 26.7 Å². The number of nitrogens with one attached hydrogen (secondary N) is 1. The third kappa shape index (κ3) is 5.18. The molecule has 16 heavy (non-hydrogen) atoms. The van der Waals surface area contributed by atoms with Crippen LogP contribution in [0.5, 0.6) is 0 Å². The van der Waals surface area contributed by atoms with Gasteiger partial charge in [-0.15, -0.1) is 0 Å². The van der Waals surface area contributed by atoms with Crippen LogP contribution >= 0.6 is 11.8 Å². The average Bonchev–Trinajstić information content (AvgIpc) is 2.68. The summed E-state index contributed by atoms with van der Waals surface area (Å²) in [7, 11) is 0. The molecule has 1 amide bonds. The summed E-state index contributed by atoms with van der Waals surface area (Å²) in [6.07, 6.45) is 2.68. The van der Waals surface area contributed by atoms with E-state index in [1.165, 1.54) is 0 Å². The van der Waals surface area contributed by atoms with Gasteiger partial charge < -0.3 is 15.8 Å². The second-order valence-corrected chi connectivity index (χ2v) is 5.52. The number of hydrogen-bond donors (Lipinski definition) is 2. The van der Waals surface area contributed by atoms with E-state index < -0.39 is 0 Å². The van der Waals surface area contributed by atoms with Gasteiger partial charge in [-0.05, 0) is 12.8 Å². The fourth-order valence-electron chi connectivity index (χ4n) is 1.71. The highest BCUT2D eigenvalue weighted by atomic mass is 32.2. The lowest BCUT2D eigenvalue weighted by Gasteiger charge is -2.18. The smallest absolute Gasteiger partial charge is 0.235 e. The fourth-order valence-corrected chi connectivity index (χ4v) is 2.87. The SMILES string of the molecule is CC(C)NC(CSCC1CCCO1)C(N)=O. The van der Waals surface area contributed by atoms with Crippen LogP contribution in [0.25, 0.3) is 0 Å². The molecule has 4 nitrogen and oxygen atoms in total. The number of ether oxygens (including phenoxy) is 1. The Kier molecular flexibility index (Phi) is 6.16. The van der Waals surface area contributed by atoms with Gasteiger partial charge in [0.25, 0.3) is 0 Å². The van der Waals surface area contributed by atoms with E-state index >= 15 is 0 Å². The van der Waals surface area contributed by atoms with Gasteiger partial charge in [0.15, 0.2) is 0 Å². The first-order valence-corrected chi connectivity index (χ1v) is 6.99. The van der Waals surface area contributed by atoms with Crippen LogP contribution in [-0.4, -0.2) is 42.2 Å². The second kappa shape index (κ2) is 7.14. The number of thioether (sulfide) groups is 1. The van der Waals surface area contributed by atoms with Crippen molar-refractivity contribution in [3.63, 3.8) is 0 Å². The van der Waals surface area contributed by atoms with Crippen LogP contribution in [0.3, 0.4) is 0 Å². The fraction of sp³-hybridized carbons (Fsp3) is 0.909. The van der Waals surface area contributed by atoms with Crippen LogP contribution in [0.15, 0.2) is 0 Å². The number of nitrogens with two attached hydrogens (primary N) is 1. The third-order valence-electron chi connectivity index (χ3n) is 2.49. The maximum absolute atomic E-state index is 11.2. The van der Waals surface area contributed by atoms with Crippen molar-refractivity contribution in [1.29, 1.82) is 0 Å². The summed E-state index contributed by atoms with van der Waals surface area (Å²) in [4.78, 5) is 11.2. The Labute approximate surface area is 102 Å². The Morgan fingerprint density at radius 3 is 2.88 bits per heavy atom. The van der Waals surface area contributed by atoms with Crippen LogP contribution in [0.2, 0.25) is 0 Å². The summed E-state index contributed by atoms with van der Waals surface area (Å²) in [5.74, 6) is 1.42. The zero-order valence-corrected chi connectivity index (χ0v) is 10.9. The van der Waals surface area contributed by atoms with E-state index in [1.54, 1.807) is 11.8 Å². The molecular weight excluding hydrogens is 224 g/mol. The zero-order valence-electron chi connectivity index (χ0n) is 10.1. The Morgan fingerprint density at radius 2 is 2.38 bits per heavy atom. The van der Waals surface area contributed by atoms with Gasteiger partial charge >= 0.3 is 0 Å². The quantitative estimate of drug-likeness (QED) is 0.696. The van der Waals surface area contributed by atoms with Crippen molar-refractivity contribution in [3.05, 3.63) is 0 Å². The molecule has 0 bridgehead atoms. The molecule has 1 fully saturated rings. The molecular formula is C11H22N2O2S. The van der Waals surface area contributed by atoms with Gasteiger partial charge in [-0.1, -0.05) is 13.8 Å². The molecule has 1 saturated heterocycles. The Bertz CT molecular complexity index is 218. The predicted molar refractivity (Wildman–Crippen MR) is 67.6 cm³/mol. The van der Waals surface area contributed by atoms with Gasteiger partial charge in [-0.3, -0.25) is 4.79 Å². The molecule has 0 aromatic heterocycles. The lowest BCUT2D eigenvalue weighted by Crippen LogP contribution is -2.46. The molecule has 1 aliphatic rings. The first-order valence-electron chi connectivity index (χ1n) is 5.84. The molecule has 0 aromatic rings. The highest BCUT2D eigenvalue weighted by Crippen LogP contribution is 2.17. The molecule has 2 unspecified atom stereocenters. The molecule has 2 atom stereocenters. The molecule has 0 aromatic carbocycles. The first-order chi connectivity index (χ1) is 7.59. The molecule has 1 rings (SSSR count). The number of carbonyl (C=O) groups is 1. The molecule has 1 heterocycles. The minimum Gasteiger partial charge on any atom is -0.377 e. The van der Waals surface area contributed by atoms with Crippen LogP contribution < -0.4 is 11.1 Å². The van der Waals surface area contributed by atoms with Gasteiger partial charge in [-0.25, -0.2) is 0 Å². The molecule has 0 aliphatic carbocycles. The van der Waals surface area contributed by atoms with Crippen molar-refractivity contribution in [2.45, 2.75) is 44.9 Å². The van der Waals surface area contributed by atoms with Crippen molar-refractivity contribution in [2.24, 2.45) is 5.73 Å². The van der Waals surface area contributed by atoms with E-state index in [1.807, 2.05) is 13.8 Å². The topological polar surface area (TPSA) is 64.3 Å². The van der Waals surface area contributed by atoms with Gasteiger partial charge in [-0.2, -0.15) is 11.8 Å². The monoisotopic (exact) mass is 246 g/mol. The van der Waals surface area contributed by atoms with Crippen molar-refractivity contribution in [3.8, 4) is 0 Å². The molecule has 94 valence electrons. The lowest BCUT2D eigenvalue weighted by molar-refractivity contribution is -0.119. The van der Waals surface area contributed by atoms with E-state index in [2.05, 4.69) is 5.32 Å². The van der Waals surface area contributed by atoms with Crippen LogP contribution in [0, 0.1) is 0 Å². The van der Waals surface area contributed by atoms with E-state index in [0.717, 1.165) is 31.0 Å². The van der Waals surface area contributed by atoms with Gasteiger partial charge in [0.2, 0.25) is 5.91 Å². The molecule has 5 heteroatoms. The Balaban J connectivity index is 2.18. The van der Waals surface area contributed by atoms with Crippen LogP contribution in [-0.2, 0) is 9.53 Å². The molecule has 0 saturated carbocycles. The third-order valence-corrected chi connectivity index (χ3v) is 3.67. The Morgan fingerprint density at radius 1 is 1.62 bits per heavy atom. The van der Waals surface area contributed by atoms with Crippen molar-refractivity contribution < 1.29 is 9.53 Å². The lowest BCUT2D eigenvalue weighted by atomic mass is 10.3. The Hall–Kier alpha value is -0.260. The molecule has 1 aliphatic heterocycles.